The van der Waals surface area contributed by atoms with Gasteiger partial charge in [-0.2, -0.15) is 5.10 Å². The molecule has 3 unspecified atom stereocenters. The number of nitrogens with one attached hydrogen (secondary N) is 1. The first-order valence-electron chi connectivity index (χ1n) is 5.72. The summed E-state index contributed by atoms with van der Waals surface area (Å²) in [6.07, 6.45) is 5.19. The molecule has 4 heteroatoms. The number of nitrogens with two attached hydrogens (primary N) is 1. The molecule has 0 aliphatic carbocycles. The van der Waals surface area contributed by atoms with E-state index in [1.54, 1.807) is 0 Å². The van der Waals surface area contributed by atoms with Crippen LogP contribution in [-0.2, 0) is 6.54 Å². The Labute approximate surface area is 90.8 Å². The SMILES string of the molecule is CCn1cc(C2NCC(N)CC2C)cn1. The van der Waals surface area contributed by atoms with Crippen LogP contribution in [0.25, 0.3) is 0 Å². The van der Waals surface area contributed by atoms with Crippen LogP contribution in [0.5, 0.6) is 0 Å². The molecule has 2 rings (SSSR count). The summed E-state index contributed by atoms with van der Waals surface area (Å²) in [4.78, 5) is 0. The summed E-state index contributed by atoms with van der Waals surface area (Å²) in [6, 6.07) is 0.725. The molecule has 3 atom stereocenters. The maximum Gasteiger partial charge on any atom is 0.0537 e. The molecule has 4 nitrogen and oxygen atoms in total. The van der Waals surface area contributed by atoms with E-state index in [-0.39, 0.29) is 0 Å². The summed E-state index contributed by atoms with van der Waals surface area (Å²) in [5.41, 5.74) is 7.20. The van der Waals surface area contributed by atoms with Crippen molar-refractivity contribution in [1.29, 1.82) is 0 Å². The van der Waals surface area contributed by atoms with E-state index in [9.17, 15) is 0 Å². The minimum absolute atomic E-state index is 0.303. The molecule has 1 aliphatic heterocycles. The third-order valence-electron chi connectivity index (χ3n) is 3.18. The molecular formula is C11H20N4. The van der Waals surface area contributed by atoms with Gasteiger partial charge in [-0.1, -0.05) is 6.92 Å². The number of piperidine rings is 1. The molecule has 0 saturated carbocycles. The van der Waals surface area contributed by atoms with Crippen LogP contribution in [0.3, 0.4) is 0 Å². The molecule has 1 aromatic heterocycles. The topological polar surface area (TPSA) is 55.9 Å². The number of hydrogen-bond donors (Lipinski definition) is 2. The lowest BCUT2D eigenvalue weighted by Crippen LogP contribution is -2.45. The van der Waals surface area contributed by atoms with Crippen LogP contribution >= 0.6 is 0 Å². The van der Waals surface area contributed by atoms with Gasteiger partial charge in [0.15, 0.2) is 0 Å². The Hall–Kier alpha value is -0.870. The van der Waals surface area contributed by atoms with Gasteiger partial charge in [-0.25, -0.2) is 0 Å². The van der Waals surface area contributed by atoms with Crippen molar-refractivity contribution in [3.8, 4) is 0 Å². The Morgan fingerprint density at radius 2 is 2.47 bits per heavy atom. The van der Waals surface area contributed by atoms with Crippen LogP contribution in [0.2, 0.25) is 0 Å². The fourth-order valence-corrected chi connectivity index (χ4v) is 2.34. The van der Waals surface area contributed by atoms with Gasteiger partial charge in [0.25, 0.3) is 0 Å². The van der Waals surface area contributed by atoms with Crippen molar-refractivity contribution in [1.82, 2.24) is 15.1 Å². The lowest BCUT2D eigenvalue weighted by atomic mass is 9.87. The predicted octanol–water partition coefficient (Wildman–Crippen LogP) is 0.901. The van der Waals surface area contributed by atoms with Gasteiger partial charge in [-0.05, 0) is 19.3 Å². The average Bonchev–Trinajstić information content (AvgIpc) is 2.66. The van der Waals surface area contributed by atoms with Gasteiger partial charge in [-0.3, -0.25) is 4.68 Å². The van der Waals surface area contributed by atoms with E-state index in [0.29, 0.717) is 18.0 Å². The largest absolute Gasteiger partial charge is 0.327 e. The van der Waals surface area contributed by atoms with E-state index in [2.05, 4.69) is 30.5 Å². The third kappa shape index (κ3) is 2.21. The molecule has 1 aliphatic rings. The standard InChI is InChI=1S/C11H20N4/c1-3-15-7-9(5-14-15)11-8(2)4-10(12)6-13-11/h5,7-8,10-11,13H,3-4,6,12H2,1-2H3. The van der Waals surface area contributed by atoms with Crippen molar-refractivity contribution in [2.45, 2.75) is 38.9 Å². The first kappa shape index (κ1) is 10.6. The summed E-state index contributed by atoms with van der Waals surface area (Å²) in [5.74, 6) is 0.586. The van der Waals surface area contributed by atoms with Crippen LogP contribution < -0.4 is 11.1 Å². The molecule has 84 valence electrons. The van der Waals surface area contributed by atoms with Crippen LogP contribution in [0.1, 0.15) is 31.9 Å². The van der Waals surface area contributed by atoms with Gasteiger partial charge in [0.1, 0.15) is 0 Å². The average molecular weight is 208 g/mol. The molecule has 0 spiro atoms. The van der Waals surface area contributed by atoms with Crippen molar-refractivity contribution in [2.24, 2.45) is 11.7 Å². The lowest BCUT2D eigenvalue weighted by molar-refractivity contribution is 0.278. The van der Waals surface area contributed by atoms with Crippen LogP contribution in [0.4, 0.5) is 0 Å². The monoisotopic (exact) mass is 208 g/mol. The van der Waals surface area contributed by atoms with Gasteiger partial charge >= 0.3 is 0 Å². The van der Waals surface area contributed by atoms with Crippen molar-refractivity contribution in [3.05, 3.63) is 18.0 Å². The molecule has 0 bridgehead atoms. The highest BCUT2D eigenvalue weighted by Crippen LogP contribution is 2.27. The Balaban J connectivity index is 2.09. The smallest absolute Gasteiger partial charge is 0.0537 e. The lowest BCUT2D eigenvalue weighted by Gasteiger charge is -2.33. The van der Waals surface area contributed by atoms with Crippen LogP contribution in [-0.4, -0.2) is 22.4 Å². The van der Waals surface area contributed by atoms with Crippen LogP contribution in [0.15, 0.2) is 12.4 Å². The summed E-state index contributed by atoms with van der Waals surface area (Å²) in [6.45, 7) is 6.19. The molecule has 1 saturated heterocycles. The predicted molar refractivity (Wildman–Crippen MR) is 60.4 cm³/mol. The Morgan fingerprint density at radius 3 is 3.07 bits per heavy atom. The van der Waals surface area contributed by atoms with Crippen molar-refractivity contribution in [2.75, 3.05) is 6.54 Å². The first-order chi connectivity index (χ1) is 7.20. The quantitative estimate of drug-likeness (QED) is 0.759. The van der Waals surface area contributed by atoms with E-state index < -0.39 is 0 Å². The van der Waals surface area contributed by atoms with Crippen LogP contribution in [0, 0.1) is 5.92 Å². The maximum absolute atomic E-state index is 5.91. The minimum atomic E-state index is 0.303. The number of nitrogens with zero attached hydrogens (tertiary/aromatic N) is 2. The minimum Gasteiger partial charge on any atom is -0.327 e. The van der Waals surface area contributed by atoms with Gasteiger partial charge in [0.2, 0.25) is 0 Å². The summed E-state index contributed by atoms with van der Waals surface area (Å²) in [7, 11) is 0. The molecular weight excluding hydrogens is 188 g/mol. The van der Waals surface area contributed by atoms with Gasteiger partial charge in [0.05, 0.1) is 6.20 Å². The fraction of sp³-hybridized carbons (Fsp3) is 0.727. The van der Waals surface area contributed by atoms with E-state index in [4.69, 9.17) is 5.73 Å². The molecule has 15 heavy (non-hydrogen) atoms. The van der Waals surface area contributed by atoms with E-state index in [0.717, 1.165) is 19.5 Å². The number of rotatable bonds is 2. The van der Waals surface area contributed by atoms with Crippen molar-refractivity contribution in [3.63, 3.8) is 0 Å². The van der Waals surface area contributed by atoms with Gasteiger partial charge in [-0.15, -0.1) is 0 Å². The zero-order valence-corrected chi connectivity index (χ0v) is 9.48. The van der Waals surface area contributed by atoms with E-state index in [1.807, 2.05) is 10.9 Å². The van der Waals surface area contributed by atoms with Crippen molar-refractivity contribution < 1.29 is 0 Å². The molecule has 3 N–H and O–H groups in total. The molecule has 0 amide bonds. The second-order valence-corrected chi connectivity index (χ2v) is 4.49. The Kier molecular flexibility index (Phi) is 3.07. The Bertz CT molecular complexity index is 320. The first-order valence-corrected chi connectivity index (χ1v) is 5.72. The highest BCUT2D eigenvalue weighted by Gasteiger charge is 2.26. The molecule has 1 fully saturated rings. The van der Waals surface area contributed by atoms with E-state index in [1.165, 1.54) is 5.56 Å². The zero-order chi connectivity index (χ0) is 10.8. The number of hydrogen-bond acceptors (Lipinski definition) is 3. The molecule has 1 aromatic rings. The normalized spacial score (nSPS) is 31.8. The fourth-order valence-electron chi connectivity index (χ4n) is 2.34. The number of aryl methyl sites for hydroxylation is 1. The number of aromatic nitrogens is 2. The maximum atomic E-state index is 5.91. The highest BCUT2D eigenvalue weighted by molar-refractivity contribution is 5.13. The Morgan fingerprint density at radius 1 is 1.67 bits per heavy atom. The molecule has 0 radical (unpaired) electrons. The summed E-state index contributed by atoms with van der Waals surface area (Å²) in [5, 5.41) is 7.80. The summed E-state index contributed by atoms with van der Waals surface area (Å²) < 4.78 is 1.97. The molecule has 2 heterocycles. The zero-order valence-electron chi connectivity index (χ0n) is 9.48. The second-order valence-electron chi connectivity index (χ2n) is 4.49. The third-order valence-corrected chi connectivity index (χ3v) is 3.18. The van der Waals surface area contributed by atoms with Gasteiger partial charge in [0, 0.05) is 36.9 Å². The van der Waals surface area contributed by atoms with Crippen molar-refractivity contribution >= 4 is 0 Å². The second kappa shape index (κ2) is 4.33. The van der Waals surface area contributed by atoms with Gasteiger partial charge < -0.3 is 11.1 Å². The highest BCUT2D eigenvalue weighted by atomic mass is 15.3. The van der Waals surface area contributed by atoms with E-state index >= 15 is 0 Å². The molecule has 0 aromatic carbocycles. The summed E-state index contributed by atoms with van der Waals surface area (Å²) >= 11 is 0.